The normalized spacial score (nSPS) is 24.0. The SMILES string of the molecule is C1CCCCNNNNCCC1.[HH]. The van der Waals surface area contributed by atoms with Crippen LogP contribution in [0, 0.1) is 0 Å². The molecule has 0 aliphatic carbocycles. The van der Waals surface area contributed by atoms with Crippen molar-refractivity contribution in [1.82, 2.24) is 21.9 Å². The molecule has 0 atom stereocenters. The fourth-order valence-corrected chi connectivity index (χ4v) is 1.35. The van der Waals surface area contributed by atoms with E-state index >= 15 is 0 Å². The Hall–Kier alpha value is -0.160. The van der Waals surface area contributed by atoms with E-state index in [0.29, 0.717) is 0 Å². The van der Waals surface area contributed by atoms with Crippen molar-refractivity contribution >= 4 is 0 Å². The van der Waals surface area contributed by atoms with E-state index < -0.39 is 0 Å². The molecular weight excluding hydrogens is 152 g/mol. The topological polar surface area (TPSA) is 48.1 Å². The maximum Gasteiger partial charge on any atom is 0.0113 e. The Morgan fingerprint density at radius 1 is 0.583 bits per heavy atom. The standard InChI is InChI=1S/C8H20N4.H2/c1-2-4-6-8-10-12-11-9-7-5-3-1;/h9-12H,1-8H2;1H. The highest BCUT2D eigenvalue weighted by Crippen LogP contribution is 2.04. The van der Waals surface area contributed by atoms with Gasteiger partial charge < -0.3 is 0 Å². The Balaban J connectivity index is 0.00000144. The first-order valence-corrected chi connectivity index (χ1v) is 4.96. The lowest BCUT2D eigenvalue weighted by Gasteiger charge is -2.11. The van der Waals surface area contributed by atoms with Crippen LogP contribution in [0.25, 0.3) is 0 Å². The van der Waals surface area contributed by atoms with Crippen molar-refractivity contribution < 1.29 is 1.43 Å². The van der Waals surface area contributed by atoms with Gasteiger partial charge in [-0.2, -0.15) is 11.1 Å². The average Bonchev–Trinajstić information content (AvgIpc) is 2.05. The Bertz CT molecular complexity index is 59.1. The zero-order valence-corrected chi connectivity index (χ0v) is 7.66. The molecule has 0 unspecified atom stereocenters. The molecule has 1 aliphatic heterocycles. The molecule has 74 valence electrons. The van der Waals surface area contributed by atoms with Crippen LogP contribution in [0.4, 0.5) is 0 Å². The van der Waals surface area contributed by atoms with Gasteiger partial charge in [-0.1, -0.05) is 25.7 Å². The smallest absolute Gasteiger partial charge is 0.0113 e. The van der Waals surface area contributed by atoms with Crippen LogP contribution in [-0.2, 0) is 0 Å². The highest BCUT2D eigenvalue weighted by atomic mass is 15.7. The van der Waals surface area contributed by atoms with Crippen molar-refractivity contribution in [3.63, 3.8) is 0 Å². The van der Waals surface area contributed by atoms with Crippen LogP contribution < -0.4 is 21.9 Å². The Labute approximate surface area is 75.9 Å². The summed E-state index contributed by atoms with van der Waals surface area (Å²) in [5.74, 6) is 0. The Morgan fingerprint density at radius 3 is 1.50 bits per heavy atom. The van der Waals surface area contributed by atoms with Gasteiger partial charge in [0.15, 0.2) is 0 Å². The molecule has 1 fully saturated rings. The molecule has 12 heavy (non-hydrogen) atoms. The van der Waals surface area contributed by atoms with E-state index in [-0.39, 0.29) is 1.43 Å². The quantitative estimate of drug-likeness (QED) is 0.436. The number of nitrogens with one attached hydrogen (secondary N) is 4. The summed E-state index contributed by atoms with van der Waals surface area (Å²) >= 11 is 0. The predicted octanol–water partition coefficient (Wildman–Crippen LogP) is 0.690. The minimum atomic E-state index is 0. The lowest BCUT2D eigenvalue weighted by molar-refractivity contribution is 0.354. The highest BCUT2D eigenvalue weighted by molar-refractivity contribution is 4.49. The van der Waals surface area contributed by atoms with Gasteiger partial charge in [0, 0.05) is 14.5 Å². The maximum atomic E-state index is 3.08. The van der Waals surface area contributed by atoms with E-state index in [0.717, 1.165) is 13.1 Å². The second-order valence-electron chi connectivity index (χ2n) is 3.22. The highest BCUT2D eigenvalue weighted by Gasteiger charge is 1.93. The molecule has 1 aliphatic rings. The molecule has 0 bridgehead atoms. The summed E-state index contributed by atoms with van der Waals surface area (Å²) in [7, 11) is 0. The number of hydrazine groups is 3. The van der Waals surface area contributed by atoms with E-state index in [1.165, 1.54) is 38.5 Å². The first-order valence-electron chi connectivity index (χ1n) is 4.96. The van der Waals surface area contributed by atoms with Crippen LogP contribution in [0.1, 0.15) is 40.0 Å². The molecule has 1 heterocycles. The summed E-state index contributed by atoms with van der Waals surface area (Å²) < 4.78 is 0. The molecule has 0 amide bonds. The number of hydrogen-bond donors (Lipinski definition) is 4. The van der Waals surface area contributed by atoms with Crippen LogP contribution >= 0.6 is 0 Å². The van der Waals surface area contributed by atoms with Gasteiger partial charge in [-0.15, -0.1) is 0 Å². The molecule has 4 nitrogen and oxygen atoms in total. The molecule has 0 aromatic rings. The van der Waals surface area contributed by atoms with Crippen LogP contribution in [-0.4, -0.2) is 13.1 Å². The molecule has 0 aromatic heterocycles. The van der Waals surface area contributed by atoms with Crippen molar-refractivity contribution in [2.75, 3.05) is 13.1 Å². The summed E-state index contributed by atoms with van der Waals surface area (Å²) in [6.07, 6.45) is 7.98. The van der Waals surface area contributed by atoms with Crippen molar-refractivity contribution in [3.05, 3.63) is 0 Å². The molecule has 0 radical (unpaired) electrons. The third-order valence-corrected chi connectivity index (χ3v) is 2.09. The van der Waals surface area contributed by atoms with Gasteiger partial charge in [-0.25, -0.2) is 10.9 Å². The number of rotatable bonds is 0. The third kappa shape index (κ3) is 5.49. The van der Waals surface area contributed by atoms with Gasteiger partial charge in [0.2, 0.25) is 0 Å². The van der Waals surface area contributed by atoms with Gasteiger partial charge in [0.05, 0.1) is 0 Å². The summed E-state index contributed by atoms with van der Waals surface area (Å²) in [6, 6.07) is 0. The van der Waals surface area contributed by atoms with E-state index in [2.05, 4.69) is 21.9 Å². The van der Waals surface area contributed by atoms with Gasteiger partial charge in [-0.05, 0) is 12.8 Å². The lowest BCUT2D eigenvalue weighted by atomic mass is 10.1. The van der Waals surface area contributed by atoms with Crippen LogP contribution in [0.5, 0.6) is 0 Å². The first-order chi connectivity index (χ1) is 6.00. The van der Waals surface area contributed by atoms with Crippen molar-refractivity contribution in [3.8, 4) is 0 Å². The predicted molar refractivity (Wildman–Crippen MR) is 52.1 cm³/mol. The zero-order chi connectivity index (χ0) is 8.49. The largest absolute Gasteiger partial charge is 0.243 e. The second kappa shape index (κ2) is 7.49. The van der Waals surface area contributed by atoms with E-state index in [1.807, 2.05) is 0 Å². The van der Waals surface area contributed by atoms with Crippen LogP contribution in [0.3, 0.4) is 0 Å². The van der Waals surface area contributed by atoms with E-state index in [1.54, 1.807) is 0 Å². The fraction of sp³-hybridized carbons (Fsp3) is 1.00. The Morgan fingerprint density at radius 2 is 1.00 bits per heavy atom. The van der Waals surface area contributed by atoms with Gasteiger partial charge in [-0.3, -0.25) is 0 Å². The summed E-state index contributed by atoms with van der Waals surface area (Å²) in [5, 5.41) is 0. The van der Waals surface area contributed by atoms with Gasteiger partial charge in [0.25, 0.3) is 0 Å². The Kier molecular flexibility index (Phi) is 6.19. The molecule has 0 aromatic carbocycles. The third-order valence-electron chi connectivity index (χ3n) is 2.09. The summed E-state index contributed by atoms with van der Waals surface area (Å²) in [4.78, 5) is 0. The summed E-state index contributed by atoms with van der Waals surface area (Å²) in [6.45, 7) is 2.07. The van der Waals surface area contributed by atoms with Crippen LogP contribution in [0.2, 0.25) is 0 Å². The molecule has 0 saturated carbocycles. The van der Waals surface area contributed by atoms with Crippen LogP contribution in [0.15, 0.2) is 0 Å². The first kappa shape index (κ1) is 9.92. The van der Waals surface area contributed by atoms with Crippen molar-refractivity contribution in [2.24, 2.45) is 0 Å². The van der Waals surface area contributed by atoms with E-state index in [9.17, 15) is 0 Å². The fourth-order valence-electron chi connectivity index (χ4n) is 1.35. The maximum absolute atomic E-state index is 3.08. The molecule has 1 rings (SSSR count). The second-order valence-corrected chi connectivity index (χ2v) is 3.22. The van der Waals surface area contributed by atoms with Gasteiger partial charge >= 0.3 is 0 Å². The van der Waals surface area contributed by atoms with Crippen molar-refractivity contribution in [1.29, 1.82) is 0 Å². The minimum absolute atomic E-state index is 0. The molecule has 4 N–H and O–H groups in total. The molecule has 4 heteroatoms. The van der Waals surface area contributed by atoms with Crippen molar-refractivity contribution in [2.45, 2.75) is 38.5 Å². The average molecular weight is 174 g/mol. The minimum Gasteiger partial charge on any atom is -0.243 e. The summed E-state index contributed by atoms with van der Waals surface area (Å²) in [5.41, 5.74) is 11.9. The van der Waals surface area contributed by atoms with E-state index in [4.69, 9.17) is 0 Å². The monoisotopic (exact) mass is 174 g/mol. The lowest BCUT2D eigenvalue weighted by Crippen LogP contribution is -2.51. The molecule has 0 spiro atoms. The molecular formula is C8H22N4. The molecule has 1 saturated heterocycles. The number of hydrogen-bond acceptors (Lipinski definition) is 4. The zero-order valence-electron chi connectivity index (χ0n) is 7.66. The van der Waals surface area contributed by atoms with Gasteiger partial charge in [0.1, 0.15) is 0 Å².